The number of aliphatic hydroxyl groups excluding tert-OH is 1. The van der Waals surface area contributed by atoms with Crippen molar-refractivity contribution in [3.63, 3.8) is 0 Å². The monoisotopic (exact) mass is 227 g/mol. The molecule has 1 aliphatic carbocycles. The van der Waals surface area contributed by atoms with Gasteiger partial charge in [-0.3, -0.25) is 0 Å². The molecule has 1 rings (SSSR count). The zero-order chi connectivity index (χ0) is 12.4. The predicted octanol–water partition coefficient (Wildman–Crippen LogP) is 2.94. The summed E-state index contributed by atoms with van der Waals surface area (Å²) in [6.45, 7) is 9.61. The second-order valence-corrected chi connectivity index (χ2v) is 6.88. The number of nitrogens with two attached hydrogens (primary N) is 1. The van der Waals surface area contributed by atoms with Crippen LogP contribution >= 0.6 is 0 Å². The molecule has 0 heterocycles. The third-order valence-corrected chi connectivity index (χ3v) is 4.41. The van der Waals surface area contributed by atoms with Gasteiger partial charge in [0, 0.05) is 12.0 Å². The van der Waals surface area contributed by atoms with E-state index in [-0.39, 0.29) is 11.5 Å². The van der Waals surface area contributed by atoms with E-state index >= 15 is 0 Å². The van der Waals surface area contributed by atoms with Crippen molar-refractivity contribution in [3.05, 3.63) is 0 Å². The zero-order valence-corrected chi connectivity index (χ0v) is 11.4. The minimum absolute atomic E-state index is 0.000208. The van der Waals surface area contributed by atoms with Crippen LogP contribution in [0.25, 0.3) is 0 Å². The number of hydrogen-bond donors (Lipinski definition) is 2. The van der Waals surface area contributed by atoms with Gasteiger partial charge in [0.15, 0.2) is 0 Å². The average Bonchev–Trinajstić information content (AvgIpc) is 2.17. The molecule has 16 heavy (non-hydrogen) atoms. The molecule has 0 aromatic rings. The van der Waals surface area contributed by atoms with E-state index in [1.807, 2.05) is 0 Å². The van der Waals surface area contributed by atoms with Gasteiger partial charge >= 0.3 is 0 Å². The van der Waals surface area contributed by atoms with Crippen molar-refractivity contribution in [1.29, 1.82) is 0 Å². The van der Waals surface area contributed by atoms with Gasteiger partial charge in [0.2, 0.25) is 0 Å². The first-order valence-electron chi connectivity index (χ1n) is 6.69. The molecular weight excluding hydrogens is 198 g/mol. The van der Waals surface area contributed by atoms with Crippen LogP contribution in [0.15, 0.2) is 0 Å². The summed E-state index contributed by atoms with van der Waals surface area (Å²) in [6, 6.07) is 0. The van der Waals surface area contributed by atoms with Gasteiger partial charge in [0.1, 0.15) is 0 Å². The van der Waals surface area contributed by atoms with Crippen molar-refractivity contribution in [3.8, 4) is 0 Å². The highest BCUT2D eigenvalue weighted by Crippen LogP contribution is 2.47. The molecule has 0 aromatic carbocycles. The van der Waals surface area contributed by atoms with E-state index in [0.29, 0.717) is 17.9 Å². The minimum atomic E-state index is -0.214. The molecule has 3 N–H and O–H groups in total. The molecule has 1 unspecified atom stereocenters. The highest BCUT2D eigenvalue weighted by Gasteiger charge is 2.42. The maximum atomic E-state index is 10.4. The van der Waals surface area contributed by atoms with Crippen molar-refractivity contribution in [2.24, 2.45) is 22.5 Å². The Labute approximate surface area is 101 Å². The van der Waals surface area contributed by atoms with Gasteiger partial charge in [-0.05, 0) is 43.4 Å². The molecular formula is C14H29NO. The fourth-order valence-corrected chi connectivity index (χ4v) is 2.79. The molecule has 0 aliphatic heterocycles. The summed E-state index contributed by atoms with van der Waals surface area (Å²) in [7, 11) is 0. The molecule has 1 fully saturated rings. The smallest absolute Gasteiger partial charge is 0.0610 e. The highest BCUT2D eigenvalue weighted by atomic mass is 16.3. The Morgan fingerprint density at radius 2 is 1.62 bits per heavy atom. The second kappa shape index (κ2) is 5.05. The normalized spacial score (nSPS) is 25.7. The number of hydrogen-bond acceptors (Lipinski definition) is 2. The van der Waals surface area contributed by atoms with E-state index in [1.54, 1.807) is 0 Å². The lowest BCUT2D eigenvalue weighted by molar-refractivity contribution is -0.0318. The lowest BCUT2D eigenvalue weighted by atomic mass is 9.62. The van der Waals surface area contributed by atoms with Gasteiger partial charge in [-0.25, -0.2) is 0 Å². The number of aliphatic hydroxyl groups is 1. The van der Waals surface area contributed by atoms with Gasteiger partial charge in [0.25, 0.3) is 0 Å². The minimum Gasteiger partial charge on any atom is -0.392 e. The molecule has 0 amide bonds. The van der Waals surface area contributed by atoms with E-state index in [4.69, 9.17) is 5.73 Å². The van der Waals surface area contributed by atoms with Crippen molar-refractivity contribution in [2.45, 2.75) is 65.9 Å². The summed E-state index contributed by atoms with van der Waals surface area (Å²) in [5.74, 6) is 0.549. The van der Waals surface area contributed by atoms with Gasteiger partial charge in [-0.1, -0.05) is 27.7 Å². The summed E-state index contributed by atoms with van der Waals surface area (Å²) < 4.78 is 0. The molecule has 0 saturated heterocycles. The molecule has 96 valence electrons. The van der Waals surface area contributed by atoms with Crippen molar-refractivity contribution >= 4 is 0 Å². The van der Waals surface area contributed by atoms with E-state index in [2.05, 4.69) is 27.7 Å². The largest absolute Gasteiger partial charge is 0.392 e. The van der Waals surface area contributed by atoms with Crippen LogP contribution in [0.4, 0.5) is 0 Å². The Bertz CT molecular complexity index is 213. The van der Waals surface area contributed by atoms with Gasteiger partial charge in [-0.15, -0.1) is 0 Å². The SMILES string of the molecule is CC(C)CC(O)C1(CN)CCC(C)(C)CC1. The molecule has 0 spiro atoms. The van der Waals surface area contributed by atoms with Crippen LogP contribution in [-0.4, -0.2) is 17.8 Å². The molecule has 2 heteroatoms. The van der Waals surface area contributed by atoms with E-state index in [9.17, 15) is 5.11 Å². The van der Waals surface area contributed by atoms with E-state index in [1.165, 1.54) is 12.8 Å². The summed E-state index contributed by atoms with van der Waals surface area (Å²) in [6.07, 6.45) is 5.24. The maximum absolute atomic E-state index is 10.4. The third kappa shape index (κ3) is 3.21. The van der Waals surface area contributed by atoms with Crippen LogP contribution in [0.1, 0.15) is 59.8 Å². The first kappa shape index (κ1) is 14.0. The molecule has 1 aliphatic rings. The molecule has 0 bridgehead atoms. The first-order valence-corrected chi connectivity index (χ1v) is 6.69. The van der Waals surface area contributed by atoms with Gasteiger partial charge < -0.3 is 10.8 Å². The second-order valence-electron chi connectivity index (χ2n) is 6.88. The topological polar surface area (TPSA) is 46.2 Å². The maximum Gasteiger partial charge on any atom is 0.0610 e. The fraction of sp³-hybridized carbons (Fsp3) is 1.00. The van der Waals surface area contributed by atoms with Crippen LogP contribution in [0.5, 0.6) is 0 Å². The average molecular weight is 227 g/mol. The van der Waals surface area contributed by atoms with Crippen molar-refractivity contribution < 1.29 is 5.11 Å². The van der Waals surface area contributed by atoms with Crippen LogP contribution in [0.2, 0.25) is 0 Å². The predicted molar refractivity (Wildman–Crippen MR) is 69.2 cm³/mol. The van der Waals surface area contributed by atoms with E-state index in [0.717, 1.165) is 19.3 Å². The molecule has 2 nitrogen and oxygen atoms in total. The van der Waals surface area contributed by atoms with Crippen molar-refractivity contribution in [2.75, 3.05) is 6.54 Å². The molecule has 1 saturated carbocycles. The van der Waals surface area contributed by atoms with Crippen LogP contribution in [0, 0.1) is 16.7 Å². The Balaban J connectivity index is 2.65. The van der Waals surface area contributed by atoms with Crippen LogP contribution in [-0.2, 0) is 0 Å². The molecule has 0 radical (unpaired) electrons. The van der Waals surface area contributed by atoms with Gasteiger partial charge in [0.05, 0.1) is 6.10 Å². The van der Waals surface area contributed by atoms with Crippen LogP contribution in [0.3, 0.4) is 0 Å². The lowest BCUT2D eigenvalue weighted by Crippen LogP contribution is -2.46. The summed E-state index contributed by atoms with van der Waals surface area (Å²) in [5, 5.41) is 10.4. The number of rotatable bonds is 4. The molecule has 1 atom stereocenters. The van der Waals surface area contributed by atoms with E-state index < -0.39 is 0 Å². The Hall–Kier alpha value is -0.0800. The Morgan fingerprint density at radius 3 is 2.00 bits per heavy atom. The third-order valence-electron chi connectivity index (χ3n) is 4.41. The summed E-state index contributed by atoms with van der Waals surface area (Å²) in [4.78, 5) is 0. The summed E-state index contributed by atoms with van der Waals surface area (Å²) in [5.41, 5.74) is 6.38. The summed E-state index contributed by atoms with van der Waals surface area (Å²) >= 11 is 0. The van der Waals surface area contributed by atoms with Crippen LogP contribution < -0.4 is 5.73 Å². The van der Waals surface area contributed by atoms with Gasteiger partial charge in [-0.2, -0.15) is 0 Å². The Morgan fingerprint density at radius 1 is 1.12 bits per heavy atom. The quantitative estimate of drug-likeness (QED) is 0.775. The molecule has 0 aromatic heterocycles. The highest BCUT2D eigenvalue weighted by molar-refractivity contribution is 4.94. The van der Waals surface area contributed by atoms with Crippen molar-refractivity contribution in [1.82, 2.24) is 0 Å². The zero-order valence-electron chi connectivity index (χ0n) is 11.4. The fourth-order valence-electron chi connectivity index (χ4n) is 2.79. The lowest BCUT2D eigenvalue weighted by Gasteiger charge is -2.46. The Kier molecular flexibility index (Phi) is 4.42. The standard InChI is InChI=1S/C14H29NO/c1-11(2)9-12(16)14(10-15)7-5-13(3,4)6-8-14/h11-12,16H,5-10,15H2,1-4H3. The first-order chi connectivity index (χ1) is 7.31.